The highest BCUT2D eigenvalue weighted by atomic mass is 35.7. The Bertz CT molecular complexity index is 633. The molecule has 3 nitrogen and oxygen atoms in total. The molecule has 0 saturated heterocycles. The molecule has 0 aliphatic heterocycles. The van der Waals surface area contributed by atoms with Gasteiger partial charge in [0.15, 0.2) is 0 Å². The molecule has 7 heteroatoms. The molecule has 15 heavy (non-hydrogen) atoms. The highest BCUT2D eigenvalue weighted by Crippen LogP contribution is 2.35. The normalized spacial score (nSPS) is 12.2. The van der Waals surface area contributed by atoms with Gasteiger partial charge in [-0.3, -0.25) is 0 Å². The molecule has 2 aromatic rings. The van der Waals surface area contributed by atoms with E-state index in [1.165, 1.54) is 12.3 Å². The summed E-state index contributed by atoms with van der Waals surface area (Å²) in [5, 5.41) is 0.995. The Balaban J connectivity index is 2.98. The Kier molecular flexibility index (Phi) is 2.63. The molecule has 1 heterocycles. The summed E-state index contributed by atoms with van der Waals surface area (Å²) in [5.74, 6) is 0. The van der Waals surface area contributed by atoms with Crippen LogP contribution in [0.5, 0.6) is 0 Å². The number of aromatic nitrogens is 1. The van der Waals surface area contributed by atoms with Crippen molar-refractivity contribution in [2.24, 2.45) is 0 Å². The van der Waals surface area contributed by atoms with Crippen LogP contribution in [0.15, 0.2) is 23.2 Å². The molecular weight excluding hydrogens is 281 g/mol. The largest absolute Gasteiger partial charge is 0.359 e. The first kappa shape index (κ1) is 11.1. The van der Waals surface area contributed by atoms with Crippen molar-refractivity contribution >= 4 is 53.8 Å². The summed E-state index contributed by atoms with van der Waals surface area (Å²) in [5.41, 5.74) is 0.461. The van der Waals surface area contributed by atoms with Crippen molar-refractivity contribution in [3.8, 4) is 0 Å². The second-order valence-corrected chi connectivity index (χ2v) is 6.22. The zero-order chi connectivity index (χ0) is 11.2. The fourth-order valence-corrected chi connectivity index (χ4v) is 2.88. The lowest BCUT2D eigenvalue weighted by atomic mass is 10.2. The first-order valence-corrected chi connectivity index (χ1v) is 6.87. The average molecular weight is 285 g/mol. The van der Waals surface area contributed by atoms with E-state index >= 15 is 0 Å². The van der Waals surface area contributed by atoms with Gasteiger partial charge in [-0.2, -0.15) is 0 Å². The maximum Gasteiger partial charge on any atom is 0.263 e. The second-order valence-electron chi connectivity index (χ2n) is 2.87. The number of aromatic amines is 1. The summed E-state index contributed by atoms with van der Waals surface area (Å²) >= 11 is 11.7. The third kappa shape index (κ3) is 1.83. The average Bonchev–Trinajstić information content (AvgIpc) is 2.55. The van der Waals surface area contributed by atoms with Gasteiger partial charge in [-0.15, -0.1) is 0 Å². The minimum Gasteiger partial charge on any atom is -0.359 e. The molecule has 1 N–H and O–H groups in total. The molecular formula is C8H4Cl3NO2S. The summed E-state index contributed by atoms with van der Waals surface area (Å²) in [4.78, 5) is 2.66. The van der Waals surface area contributed by atoms with Crippen LogP contribution in [-0.2, 0) is 9.05 Å². The van der Waals surface area contributed by atoms with Crippen LogP contribution in [0.1, 0.15) is 0 Å². The van der Waals surface area contributed by atoms with E-state index in [1.807, 2.05) is 0 Å². The topological polar surface area (TPSA) is 49.9 Å². The molecule has 0 atom stereocenters. The number of benzene rings is 1. The standard InChI is InChI=1S/C8H4Cl3NO2S/c9-4-1-2-5(10)8-7(4)6(3-12-8)15(11,13)14/h1-3,12H. The van der Waals surface area contributed by atoms with E-state index in [-0.39, 0.29) is 9.92 Å². The minimum absolute atomic E-state index is 0.0633. The molecule has 0 aliphatic rings. The number of fused-ring (bicyclic) bond motifs is 1. The van der Waals surface area contributed by atoms with E-state index in [9.17, 15) is 8.42 Å². The molecule has 0 aliphatic carbocycles. The Morgan fingerprint density at radius 3 is 2.33 bits per heavy atom. The highest BCUT2D eigenvalue weighted by Gasteiger charge is 2.19. The van der Waals surface area contributed by atoms with E-state index in [0.29, 0.717) is 15.9 Å². The summed E-state index contributed by atoms with van der Waals surface area (Å²) in [6, 6.07) is 3.10. The van der Waals surface area contributed by atoms with Gasteiger partial charge < -0.3 is 4.98 Å². The van der Waals surface area contributed by atoms with Gasteiger partial charge >= 0.3 is 0 Å². The van der Waals surface area contributed by atoms with Crippen LogP contribution in [0.2, 0.25) is 10.0 Å². The predicted octanol–water partition coefficient (Wildman–Crippen LogP) is 3.40. The van der Waals surface area contributed by atoms with E-state index in [1.54, 1.807) is 6.07 Å². The lowest BCUT2D eigenvalue weighted by molar-refractivity contribution is 0.610. The number of halogens is 3. The Morgan fingerprint density at radius 2 is 1.73 bits per heavy atom. The van der Waals surface area contributed by atoms with Crippen molar-refractivity contribution in [1.82, 2.24) is 4.98 Å². The molecule has 1 aromatic heterocycles. The monoisotopic (exact) mass is 283 g/mol. The smallest absolute Gasteiger partial charge is 0.263 e. The molecule has 2 rings (SSSR count). The Hall–Kier alpha value is -0.420. The molecule has 0 unspecified atom stereocenters. The molecule has 0 fully saturated rings. The van der Waals surface area contributed by atoms with Crippen molar-refractivity contribution in [2.45, 2.75) is 4.90 Å². The summed E-state index contributed by atoms with van der Waals surface area (Å²) in [7, 11) is 1.43. The van der Waals surface area contributed by atoms with Gasteiger partial charge in [-0.25, -0.2) is 8.42 Å². The van der Waals surface area contributed by atoms with Gasteiger partial charge in [-0.1, -0.05) is 23.2 Å². The highest BCUT2D eigenvalue weighted by molar-refractivity contribution is 8.14. The van der Waals surface area contributed by atoms with Crippen molar-refractivity contribution in [2.75, 3.05) is 0 Å². The summed E-state index contributed by atoms with van der Waals surface area (Å²) in [6.45, 7) is 0. The molecule has 0 spiro atoms. The van der Waals surface area contributed by atoms with E-state index in [4.69, 9.17) is 33.9 Å². The van der Waals surface area contributed by atoms with Gasteiger partial charge in [0.05, 0.1) is 15.6 Å². The van der Waals surface area contributed by atoms with E-state index < -0.39 is 9.05 Å². The molecule has 1 aromatic carbocycles. The van der Waals surface area contributed by atoms with Gasteiger partial charge in [0.2, 0.25) is 0 Å². The van der Waals surface area contributed by atoms with Crippen molar-refractivity contribution in [1.29, 1.82) is 0 Å². The lowest BCUT2D eigenvalue weighted by Crippen LogP contribution is -1.88. The first-order chi connectivity index (χ1) is 6.91. The number of rotatable bonds is 1. The van der Waals surface area contributed by atoms with Gasteiger partial charge in [0, 0.05) is 22.3 Å². The molecule has 0 bridgehead atoms. The van der Waals surface area contributed by atoms with E-state index in [2.05, 4.69) is 4.98 Å². The molecule has 0 amide bonds. The number of hydrogen-bond acceptors (Lipinski definition) is 2. The Morgan fingerprint density at radius 1 is 1.13 bits per heavy atom. The van der Waals surface area contributed by atoms with Crippen LogP contribution in [0.25, 0.3) is 10.9 Å². The first-order valence-electron chi connectivity index (χ1n) is 3.81. The number of nitrogens with one attached hydrogen (secondary N) is 1. The van der Waals surface area contributed by atoms with Crippen molar-refractivity contribution in [3.05, 3.63) is 28.4 Å². The predicted molar refractivity (Wildman–Crippen MR) is 61.4 cm³/mol. The third-order valence-corrected chi connectivity index (χ3v) is 3.94. The SMILES string of the molecule is O=S(=O)(Cl)c1c[nH]c2c(Cl)ccc(Cl)c12. The summed E-state index contributed by atoms with van der Waals surface area (Å²) in [6.07, 6.45) is 1.27. The summed E-state index contributed by atoms with van der Waals surface area (Å²) < 4.78 is 22.4. The molecule has 0 saturated carbocycles. The number of H-pyrrole nitrogens is 1. The zero-order valence-electron chi connectivity index (χ0n) is 7.09. The fourth-order valence-electron chi connectivity index (χ4n) is 1.34. The Labute approximate surface area is 100 Å². The van der Waals surface area contributed by atoms with Gasteiger partial charge in [-0.05, 0) is 12.1 Å². The van der Waals surface area contributed by atoms with E-state index in [0.717, 1.165) is 0 Å². The van der Waals surface area contributed by atoms with Gasteiger partial charge in [0.1, 0.15) is 4.90 Å². The lowest BCUT2D eigenvalue weighted by Gasteiger charge is -1.98. The third-order valence-electron chi connectivity index (χ3n) is 1.96. The number of hydrogen-bond donors (Lipinski definition) is 1. The maximum absolute atomic E-state index is 11.2. The fraction of sp³-hybridized carbons (Fsp3) is 0. The van der Waals surface area contributed by atoms with Crippen LogP contribution in [-0.4, -0.2) is 13.4 Å². The van der Waals surface area contributed by atoms with Crippen LogP contribution in [0.3, 0.4) is 0 Å². The van der Waals surface area contributed by atoms with Crippen LogP contribution in [0, 0.1) is 0 Å². The van der Waals surface area contributed by atoms with Crippen LogP contribution >= 0.6 is 33.9 Å². The minimum atomic E-state index is -3.83. The quantitative estimate of drug-likeness (QED) is 0.816. The van der Waals surface area contributed by atoms with Gasteiger partial charge in [0.25, 0.3) is 9.05 Å². The maximum atomic E-state index is 11.2. The zero-order valence-corrected chi connectivity index (χ0v) is 10.2. The molecule has 80 valence electrons. The van der Waals surface area contributed by atoms with Crippen LogP contribution < -0.4 is 0 Å². The second kappa shape index (κ2) is 3.56. The molecule has 0 radical (unpaired) electrons. The van der Waals surface area contributed by atoms with Crippen molar-refractivity contribution in [3.63, 3.8) is 0 Å². The van der Waals surface area contributed by atoms with Crippen molar-refractivity contribution < 1.29 is 8.42 Å². The van der Waals surface area contributed by atoms with Crippen LogP contribution in [0.4, 0.5) is 0 Å².